The number of carbonyl (C=O) groups is 1. The summed E-state index contributed by atoms with van der Waals surface area (Å²) in [6.45, 7) is 1.81. The zero-order valence-corrected chi connectivity index (χ0v) is 7.49. The molecule has 2 heterocycles. The number of hydrogen-bond donors (Lipinski definition) is 2. The Morgan fingerprint density at radius 3 is 2.86 bits per heavy atom. The van der Waals surface area contributed by atoms with Crippen molar-refractivity contribution in [3.8, 4) is 0 Å². The number of amides is 2. The van der Waals surface area contributed by atoms with Crippen LogP contribution < -0.4 is 15.8 Å². The highest BCUT2D eigenvalue weighted by Gasteiger charge is 2.28. The number of anilines is 1. The number of pyridine rings is 1. The quantitative estimate of drug-likeness (QED) is 0.647. The maximum atomic E-state index is 12.5. The molecule has 1 aromatic rings. The lowest BCUT2D eigenvalue weighted by Gasteiger charge is -2.17. The summed E-state index contributed by atoms with van der Waals surface area (Å²) in [6.07, 6.45) is 1.15. The monoisotopic (exact) mass is 196 g/mol. The third-order valence-corrected chi connectivity index (χ3v) is 1.98. The van der Waals surface area contributed by atoms with Crippen LogP contribution in [0, 0.1) is 5.95 Å². The molecule has 1 unspecified atom stereocenters. The average molecular weight is 196 g/mol. The Morgan fingerprint density at radius 1 is 1.57 bits per heavy atom. The predicted molar refractivity (Wildman–Crippen MR) is 47.8 cm³/mol. The Kier molecular flexibility index (Phi) is 2.05. The molecular weight excluding hydrogens is 187 g/mol. The molecule has 0 saturated carbocycles. The zero-order chi connectivity index (χ0) is 10.1. The third kappa shape index (κ3) is 1.39. The Labute approximate surface area is 79.9 Å². The lowest BCUT2D eigenvalue weighted by atomic mass is 10.3. The minimum Gasteiger partial charge on any atom is -0.274 e. The molecule has 0 bridgehead atoms. The minimum absolute atomic E-state index is 0.172. The number of urea groups is 1. The first-order valence-electron chi connectivity index (χ1n) is 4.15. The summed E-state index contributed by atoms with van der Waals surface area (Å²) in [6, 6.07) is 2.45. The highest BCUT2D eigenvalue weighted by molar-refractivity contribution is 5.93. The minimum atomic E-state index is -0.561. The molecule has 6 heteroatoms. The summed E-state index contributed by atoms with van der Waals surface area (Å²) in [4.78, 5) is 16.2. The van der Waals surface area contributed by atoms with Crippen molar-refractivity contribution >= 4 is 11.7 Å². The van der Waals surface area contributed by atoms with E-state index in [4.69, 9.17) is 0 Å². The van der Waals surface area contributed by atoms with E-state index in [1.807, 2.05) is 0 Å². The van der Waals surface area contributed by atoms with Crippen LogP contribution in [0.2, 0.25) is 0 Å². The molecule has 2 N–H and O–H groups in total. The van der Waals surface area contributed by atoms with E-state index in [-0.39, 0.29) is 12.2 Å². The van der Waals surface area contributed by atoms with Crippen molar-refractivity contribution in [1.82, 2.24) is 15.8 Å². The van der Waals surface area contributed by atoms with Crippen molar-refractivity contribution in [2.24, 2.45) is 0 Å². The van der Waals surface area contributed by atoms with Gasteiger partial charge in [-0.2, -0.15) is 4.39 Å². The van der Waals surface area contributed by atoms with Crippen LogP contribution >= 0.6 is 0 Å². The van der Waals surface area contributed by atoms with E-state index >= 15 is 0 Å². The molecule has 1 aromatic heterocycles. The van der Waals surface area contributed by atoms with Crippen LogP contribution in [0.3, 0.4) is 0 Å². The SMILES string of the molecule is CC1NNC(=O)N1c1ccc(F)nc1. The van der Waals surface area contributed by atoms with Crippen molar-refractivity contribution in [1.29, 1.82) is 0 Å². The number of hydrazine groups is 1. The Morgan fingerprint density at radius 2 is 2.36 bits per heavy atom. The number of nitrogens with one attached hydrogen (secondary N) is 2. The summed E-state index contributed by atoms with van der Waals surface area (Å²) in [7, 11) is 0. The third-order valence-electron chi connectivity index (χ3n) is 1.98. The smallest absolute Gasteiger partial charge is 0.274 e. The van der Waals surface area contributed by atoms with E-state index in [1.165, 1.54) is 23.2 Å². The second-order valence-corrected chi connectivity index (χ2v) is 2.96. The van der Waals surface area contributed by atoms with Gasteiger partial charge in [0.25, 0.3) is 0 Å². The number of aromatic nitrogens is 1. The lowest BCUT2D eigenvalue weighted by molar-refractivity contribution is 0.250. The van der Waals surface area contributed by atoms with Gasteiger partial charge in [-0.3, -0.25) is 10.3 Å². The summed E-state index contributed by atoms with van der Waals surface area (Å²) in [5.41, 5.74) is 5.74. The van der Waals surface area contributed by atoms with E-state index in [9.17, 15) is 9.18 Å². The van der Waals surface area contributed by atoms with Gasteiger partial charge in [0.15, 0.2) is 0 Å². The molecule has 2 amide bonds. The van der Waals surface area contributed by atoms with Gasteiger partial charge in [0.1, 0.15) is 6.17 Å². The van der Waals surface area contributed by atoms with Gasteiger partial charge in [-0.25, -0.2) is 15.2 Å². The van der Waals surface area contributed by atoms with Crippen LogP contribution in [0.25, 0.3) is 0 Å². The lowest BCUT2D eigenvalue weighted by Crippen LogP contribution is -2.34. The predicted octanol–water partition coefficient (Wildman–Crippen LogP) is 0.601. The largest absolute Gasteiger partial charge is 0.337 e. The number of halogens is 1. The molecule has 14 heavy (non-hydrogen) atoms. The molecule has 0 aliphatic carbocycles. The van der Waals surface area contributed by atoms with Crippen molar-refractivity contribution in [3.05, 3.63) is 24.3 Å². The fraction of sp³-hybridized carbons (Fsp3) is 0.250. The van der Waals surface area contributed by atoms with Gasteiger partial charge in [-0.15, -0.1) is 0 Å². The van der Waals surface area contributed by atoms with E-state index in [1.54, 1.807) is 6.92 Å². The second kappa shape index (κ2) is 3.22. The van der Waals surface area contributed by atoms with Crippen LogP contribution in [-0.4, -0.2) is 17.2 Å². The van der Waals surface area contributed by atoms with E-state index < -0.39 is 5.95 Å². The van der Waals surface area contributed by atoms with Gasteiger partial charge in [0.05, 0.1) is 11.9 Å². The molecule has 0 aromatic carbocycles. The molecule has 74 valence electrons. The Hall–Kier alpha value is -1.69. The van der Waals surface area contributed by atoms with Crippen molar-refractivity contribution < 1.29 is 9.18 Å². The standard InChI is InChI=1S/C8H9FN4O/c1-5-11-12-8(14)13(5)6-2-3-7(9)10-4-6/h2-5,11H,1H3,(H,12,14). The maximum absolute atomic E-state index is 12.5. The van der Waals surface area contributed by atoms with Crippen LogP contribution in [0.1, 0.15) is 6.92 Å². The Balaban J connectivity index is 2.30. The van der Waals surface area contributed by atoms with Crippen molar-refractivity contribution in [3.63, 3.8) is 0 Å². The fourth-order valence-corrected chi connectivity index (χ4v) is 1.32. The topological polar surface area (TPSA) is 57.3 Å². The first-order valence-corrected chi connectivity index (χ1v) is 4.15. The fourth-order valence-electron chi connectivity index (χ4n) is 1.32. The van der Waals surface area contributed by atoms with Crippen LogP contribution in [0.5, 0.6) is 0 Å². The van der Waals surface area contributed by atoms with Gasteiger partial charge >= 0.3 is 6.03 Å². The Bertz CT molecular complexity index is 353. The van der Waals surface area contributed by atoms with Crippen molar-refractivity contribution in [2.45, 2.75) is 13.1 Å². The molecule has 0 radical (unpaired) electrons. The highest BCUT2D eigenvalue weighted by Crippen LogP contribution is 2.17. The molecule has 5 nitrogen and oxygen atoms in total. The number of carbonyl (C=O) groups excluding carboxylic acids is 1. The van der Waals surface area contributed by atoms with Crippen LogP contribution in [0.4, 0.5) is 14.9 Å². The summed E-state index contributed by atoms with van der Waals surface area (Å²) in [5.74, 6) is -0.561. The first kappa shape index (κ1) is 8.89. The number of nitrogens with zero attached hydrogens (tertiary/aromatic N) is 2. The number of rotatable bonds is 1. The van der Waals surface area contributed by atoms with Gasteiger partial charge in [-0.1, -0.05) is 0 Å². The van der Waals surface area contributed by atoms with Gasteiger partial charge in [0.2, 0.25) is 5.95 Å². The maximum Gasteiger partial charge on any atom is 0.337 e. The van der Waals surface area contributed by atoms with Crippen molar-refractivity contribution in [2.75, 3.05) is 4.90 Å². The second-order valence-electron chi connectivity index (χ2n) is 2.96. The summed E-state index contributed by atoms with van der Waals surface area (Å²) in [5, 5.41) is 0. The molecule has 1 aliphatic heterocycles. The van der Waals surface area contributed by atoms with E-state index in [0.29, 0.717) is 5.69 Å². The van der Waals surface area contributed by atoms with Crippen LogP contribution in [0.15, 0.2) is 18.3 Å². The van der Waals surface area contributed by atoms with E-state index in [2.05, 4.69) is 15.8 Å². The molecule has 1 aliphatic rings. The summed E-state index contributed by atoms with van der Waals surface area (Å²) < 4.78 is 12.5. The van der Waals surface area contributed by atoms with Gasteiger partial charge < -0.3 is 0 Å². The van der Waals surface area contributed by atoms with Crippen LogP contribution in [-0.2, 0) is 0 Å². The van der Waals surface area contributed by atoms with Gasteiger partial charge in [0, 0.05) is 0 Å². The average Bonchev–Trinajstić information content (AvgIpc) is 2.49. The molecular formula is C8H9FN4O. The number of hydrogen-bond acceptors (Lipinski definition) is 3. The zero-order valence-electron chi connectivity index (χ0n) is 7.49. The molecule has 0 spiro atoms. The first-order chi connectivity index (χ1) is 6.68. The summed E-state index contributed by atoms with van der Waals surface area (Å²) >= 11 is 0. The normalized spacial score (nSPS) is 21.1. The molecule has 2 rings (SSSR count). The van der Waals surface area contributed by atoms with Gasteiger partial charge in [-0.05, 0) is 19.1 Å². The molecule has 1 saturated heterocycles. The van der Waals surface area contributed by atoms with E-state index in [0.717, 1.165) is 0 Å². The molecule has 1 fully saturated rings. The highest BCUT2D eigenvalue weighted by atomic mass is 19.1. The molecule has 1 atom stereocenters.